The number of carboxylic acid groups (broad SMARTS) is 1. The summed E-state index contributed by atoms with van der Waals surface area (Å²) in [6.45, 7) is 3.60. The van der Waals surface area contributed by atoms with Crippen LogP contribution in [-0.2, 0) is 4.79 Å². The van der Waals surface area contributed by atoms with Crippen molar-refractivity contribution in [2.24, 2.45) is 5.92 Å². The van der Waals surface area contributed by atoms with Gasteiger partial charge in [0.05, 0.1) is 11.5 Å². The Labute approximate surface area is 124 Å². The number of hydrogen-bond acceptors (Lipinski definition) is 4. The topological polar surface area (TPSA) is 73.7 Å². The third-order valence-electron chi connectivity index (χ3n) is 3.74. The monoisotopic (exact) mass is 291 g/mol. The van der Waals surface area contributed by atoms with E-state index in [9.17, 15) is 9.59 Å². The highest BCUT2D eigenvalue weighted by atomic mass is 16.4. The lowest BCUT2D eigenvalue weighted by Crippen LogP contribution is -2.35. The van der Waals surface area contributed by atoms with Crippen LogP contribution in [0.4, 0.5) is 5.82 Å². The molecule has 1 aromatic heterocycles. The Hall–Kier alpha value is -2.11. The Morgan fingerprint density at radius 2 is 2.10 bits per heavy atom. The van der Waals surface area contributed by atoms with E-state index in [1.165, 1.54) is 4.90 Å². The van der Waals surface area contributed by atoms with Crippen molar-refractivity contribution in [3.63, 3.8) is 0 Å². The zero-order chi connectivity index (χ0) is 15.4. The van der Waals surface area contributed by atoms with Crippen molar-refractivity contribution < 1.29 is 14.7 Å². The number of amides is 1. The van der Waals surface area contributed by atoms with Gasteiger partial charge in [-0.1, -0.05) is 6.92 Å². The Morgan fingerprint density at radius 1 is 1.43 bits per heavy atom. The molecular formula is C15H21N3O3. The molecule has 2 heterocycles. The van der Waals surface area contributed by atoms with Crippen molar-refractivity contribution >= 4 is 17.7 Å². The fourth-order valence-electron chi connectivity index (χ4n) is 2.52. The predicted octanol–water partition coefficient (Wildman–Crippen LogP) is 1.47. The van der Waals surface area contributed by atoms with Gasteiger partial charge in [0.2, 0.25) is 0 Å². The Balaban J connectivity index is 2.16. The first-order chi connectivity index (χ1) is 10.0. The lowest BCUT2D eigenvalue weighted by Gasteiger charge is -2.23. The van der Waals surface area contributed by atoms with Gasteiger partial charge in [0.15, 0.2) is 0 Å². The van der Waals surface area contributed by atoms with Gasteiger partial charge in [-0.3, -0.25) is 9.59 Å². The second-order valence-corrected chi connectivity index (χ2v) is 5.49. The van der Waals surface area contributed by atoms with Gasteiger partial charge < -0.3 is 14.9 Å². The Kier molecular flexibility index (Phi) is 4.77. The maximum Gasteiger partial charge on any atom is 0.308 e. The van der Waals surface area contributed by atoms with Gasteiger partial charge in [0, 0.05) is 32.9 Å². The normalized spacial score (nSPS) is 15.8. The number of hydrogen-bond donors (Lipinski definition) is 1. The van der Waals surface area contributed by atoms with Crippen LogP contribution in [-0.4, -0.2) is 53.5 Å². The molecule has 0 radical (unpaired) electrons. The van der Waals surface area contributed by atoms with Gasteiger partial charge in [-0.15, -0.1) is 0 Å². The SMILES string of the molecule is CC(CN(C)C(=O)c1cccnc1N1CCCC1)C(=O)O. The first-order valence-corrected chi connectivity index (χ1v) is 7.19. The van der Waals surface area contributed by atoms with Crippen LogP contribution < -0.4 is 4.90 Å². The van der Waals surface area contributed by atoms with Gasteiger partial charge in [-0.2, -0.15) is 0 Å². The molecule has 6 heteroatoms. The second kappa shape index (κ2) is 6.56. The summed E-state index contributed by atoms with van der Waals surface area (Å²) in [5, 5.41) is 8.95. The van der Waals surface area contributed by atoms with Crippen LogP contribution in [0, 0.1) is 5.92 Å². The van der Waals surface area contributed by atoms with Crippen molar-refractivity contribution in [1.82, 2.24) is 9.88 Å². The van der Waals surface area contributed by atoms with Crippen molar-refractivity contribution in [1.29, 1.82) is 0 Å². The molecule has 1 saturated heterocycles. The van der Waals surface area contributed by atoms with Gasteiger partial charge in [0.1, 0.15) is 5.82 Å². The van der Waals surface area contributed by atoms with E-state index in [1.807, 2.05) is 0 Å². The molecule has 2 rings (SSSR count). The lowest BCUT2D eigenvalue weighted by atomic mass is 10.1. The molecule has 1 amide bonds. The quantitative estimate of drug-likeness (QED) is 0.889. The summed E-state index contributed by atoms with van der Waals surface area (Å²) in [4.78, 5) is 31.4. The predicted molar refractivity (Wildman–Crippen MR) is 79.4 cm³/mol. The summed E-state index contributed by atoms with van der Waals surface area (Å²) < 4.78 is 0. The second-order valence-electron chi connectivity index (χ2n) is 5.49. The molecule has 1 atom stereocenters. The van der Waals surface area contributed by atoms with E-state index in [2.05, 4.69) is 9.88 Å². The minimum Gasteiger partial charge on any atom is -0.481 e. The zero-order valence-corrected chi connectivity index (χ0v) is 12.5. The first kappa shape index (κ1) is 15.3. The molecule has 114 valence electrons. The summed E-state index contributed by atoms with van der Waals surface area (Å²) in [5.74, 6) is -0.973. The minimum absolute atomic E-state index is 0.182. The maximum absolute atomic E-state index is 12.5. The molecule has 1 aromatic rings. The van der Waals surface area contributed by atoms with Crippen molar-refractivity contribution in [2.45, 2.75) is 19.8 Å². The maximum atomic E-state index is 12.5. The molecule has 1 N–H and O–H groups in total. The summed E-state index contributed by atoms with van der Waals surface area (Å²) in [6.07, 6.45) is 3.90. The number of carbonyl (C=O) groups is 2. The van der Waals surface area contributed by atoms with Crippen LogP contribution in [0.3, 0.4) is 0 Å². The van der Waals surface area contributed by atoms with Crippen molar-refractivity contribution in [2.75, 3.05) is 31.6 Å². The average Bonchev–Trinajstić information content (AvgIpc) is 3.00. The van der Waals surface area contributed by atoms with Crippen molar-refractivity contribution in [3.05, 3.63) is 23.9 Å². The summed E-state index contributed by atoms with van der Waals surface area (Å²) in [6, 6.07) is 3.49. The summed E-state index contributed by atoms with van der Waals surface area (Å²) in [5.41, 5.74) is 0.541. The first-order valence-electron chi connectivity index (χ1n) is 7.19. The number of aliphatic carboxylic acids is 1. The molecule has 1 aliphatic rings. The van der Waals surface area contributed by atoms with Crippen LogP contribution in [0.25, 0.3) is 0 Å². The van der Waals surface area contributed by atoms with Crippen LogP contribution in [0.1, 0.15) is 30.1 Å². The van der Waals surface area contributed by atoms with E-state index in [1.54, 1.807) is 32.3 Å². The number of aromatic nitrogens is 1. The van der Waals surface area contributed by atoms with E-state index in [-0.39, 0.29) is 12.5 Å². The largest absolute Gasteiger partial charge is 0.481 e. The fourth-order valence-corrected chi connectivity index (χ4v) is 2.52. The van der Waals surface area contributed by atoms with Crippen molar-refractivity contribution in [3.8, 4) is 0 Å². The molecule has 1 aliphatic heterocycles. The third kappa shape index (κ3) is 3.51. The molecule has 21 heavy (non-hydrogen) atoms. The third-order valence-corrected chi connectivity index (χ3v) is 3.74. The number of carboxylic acids is 1. The van der Waals surface area contributed by atoms with Gasteiger partial charge in [-0.25, -0.2) is 4.98 Å². The number of rotatable bonds is 5. The van der Waals surface area contributed by atoms with Crippen LogP contribution in [0.5, 0.6) is 0 Å². The summed E-state index contributed by atoms with van der Waals surface area (Å²) in [7, 11) is 1.63. The van der Waals surface area contributed by atoms with Crippen LogP contribution >= 0.6 is 0 Å². The number of carbonyl (C=O) groups excluding carboxylic acids is 1. The molecule has 0 aliphatic carbocycles. The highest BCUT2D eigenvalue weighted by molar-refractivity contribution is 5.99. The molecule has 0 saturated carbocycles. The number of anilines is 1. The lowest BCUT2D eigenvalue weighted by molar-refractivity contribution is -0.141. The Bertz CT molecular complexity index is 527. The van der Waals surface area contributed by atoms with E-state index >= 15 is 0 Å². The highest BCUT2D eigenvalue weighted by Gasteiger charge is 2.24. The average molecular weight is 291 g/mol. The smallest absolute Gasteiger partial charge is 0.308 e. The van der Waals surface area contributed by atoms with E-state index in [0.29, 0.717) is 11.4 Å². The molecule has 0 spiro atoms. The molecule has 1 unspecified atom stereocenters. The van der Waals surface area contributed by atoms with E-state index < -0.39 is 11.9 Å². The van der Waals surface area contributed by atoms with Crippen LogP contribution in [0.2, 0.25) is 0 Å². The standard InChI is InChI=1S/C15H21N3O3/c1-11(15(20)21)10-17(2)14(19)12-6-5-7-16-13(12)18-8-3-4-9-18/h5-7,11H,3-4,8-10H2,1-2H3,(H,20,21). The molecule has 0 aromatic carbocycles. The number of nitrogens with zero attached hydrogens (tertiary/aromatic N) is 3. The highest BCUT2D eigenvalue weighted by Crippen LogP contribution is 2.23. The van der Waals surface area contributed by atoms with Crippen LogP contribution in [0.15, 0.2) is 18.3 Å². The number of pyridine rings is 1. The van der Waals surface area contributed by atoms with E-state index in [0.717, 1.165) is 25.9 Å². The molecule has 6 nitrogen and oxygen atoms in total. The van der Waals surface area contributed by atoms with Gasteiger partial charge >= 0.3 is 5.97 Å². The Morgan fingerprint density at radius 3 is 2.71 bits per heavy atom. The fraction of sp³-hybridized carbons (Fsp3) is 0.533. The van der Waals surface area contributed by atoms with E-state index in [4.69, 9.17) is 5.11 Å². The minimum atomic E-state index is -0.902. The molecule has 0 bridgehead atoms. The zero-order valence-electron chi connectivity index (χ0n) is 12.5. The van der Waals surface area contributed by atoms with Gasteiger partial charge in [0.25, 0.3) is 5.91 Å². The molecule has 1 fully saturated rings. The van der Waals surface area contributed by atoms with Gasteiger partial charge in [-0.05, 0) is 25.0 Å². The summed E-state index contributed by atoms with van der Waals surface area (Å²) >= 11 is 0. The molecular weight excluding hydrogens is 270 g/mol.